The Balaban J connectivity index is 1.66. The summed E-state index contributed by atoms with van der Waals surface area (Å²) in [5.41, 5.74) is 2.31. The van der Waals surface area contributed by atoms with Crippen molar-refractivity contribution in [2.75, 3.05) is 12.4 Å². The van der Waals surface area contributed by atoms with Crippen molar-refractivity contribution in [1.82, 2.24) is 0 Å². The highest BCUT2D eigenvalue weighted by atomic mass is 16.6. The molecule has 0 unspecified atom stereocenters. The van der Waals surface area contributed by atoms with E-state index in [9.17, 15) is 14.9 Å². The molecule has 3 rings (SSSR count). The zero-order valence-corrected chi connectivity index (χ0v) is 16.0. The molecule has 7 heteroatoms. The van der Waals surface area contributed by atoms with Crippen LogP contribution in [0.3, 0.4) is 0 Å². The van der Waals surface area contributed by atoms with Gasteiger partial charge in [0.25, 0.3) is 11.6 Å². The third-order valence-corrected chi connectivity index (χ3v) is 4.29. The van der Waals surface area contributed by atoms with Crippen molar-refractivity contribution in [3.63, 3.8) is 0 Å². The monoisotopic (exact) mass is 392 g/mol. The van der Waals surface area contributed by atoms with Crippen LogP contribution in [0.2, 0.25) is 0 Å². The molecular weight excluding hydrogens is 372 g/mol. The van der Waals surface area contributed by atoms with Crippen LogP contribution in [0.4, 0.5) is 11.4 Å². The lowest BCUT2D eigenvalue weighted by atomic mass is 10.1. The molecule has 0 saturated heterocycles. The van der Waals surface area contributed by atoms with Crippen LogP contribution in [-0.2, 0) is 6.61 Å². The number of rotatable bonds is 7. The fourth-order valence-electron chi connectivity index (χ4n) is 2.64. The first-order valence-electron chi connectivity index (χ1n) is 8.88. The number of ether oxygens (including phenoxy) is 2. The molecule has 1 amide bonds. The second-order valence-corrected chi connectivity index (χ2v) is 6.39. The number of nitrogens with one attached hydrogen (secondary N) is 1. The lowest BCUT2D eigenvalue weighted by molar-refractivity contribution is -0.384. The van der Waals surface area contributed by atoms with Gasteiger partial charge >= 0.3 is 0 Å². The number of hydrogen-bond donors (Lipinski definition) is 1. The second-order valence-electron chi connectivity index (χ2n) is 6.39. The normalized spacial score (nSPS) is 10.3. The van der Waals surface area contributed by atoms with Crippen LogP contribution in [0.15, 0.2) is 66.7 Å². The highest BCUT2D eigenvalue weighted by Crippen LogP contribution is 2.29. The topological polar surface area (TPSA) is 90.7 Å². The first kappa shape index (κ1) is 19.9. The van der Waals surface area contributed by atoms with E-state index < -0.39 is 10.8 Å². The molecule has 0 bridgehead atoms. The molecular formula is C22H20N2O5. The minimum atomic E-state index is -0.566. The summed E-state index contributed by atoms with van der Waals surface area (Å²) in [6, 6.07) is 18.9. The number of carbonyl (C=O) groups is 1. The Bertz CT molecular complexity index is 1010. The number of nitro groups is 1. The van der Waals surface area contributed by atoms with Crippen LogP contribution in [-0.4, -0.2) is 17.9 Å². The zero-order chi connectivity index (χ0) is 20.8. The van der Waals surface area contributed by atoms with Gasteiger partial charge in [0.2, 0.25) is 0 Å². The minimum Gasteiger partial charge on any atom is -0.496 e. The van der Waals surface area contributed by atoms with E-state index in [4.69, 9.17) is 9.47 Å². The Morgan fingerprint density at radius 1 is 1.00 bits per heavy atom. The average molecular weight is 392 g/mol. The number of nitro benzene ring substituents is 1. The summed E-state index contributed by atoms with van der Waals surface area (Å²) < 4.78 is 10.7. The molecule has 0 spiro atoms. The van der Waals surface area contributed by atoms with Crippen LogP contribution in [0.25, 0.3) is 0 Å². The third kappa shape index (κ3) is 5.10. The van der Waals surface area contributed by atoms with Gasteiger partial charge in [0, 0.05) is 5.56 Å². The van der Waals surface area contributed by atoms with E-state index in [2.05, 4.69) is 5.32 Å². The van der Waals surface area contributed by atoms with Crippen molar-refractivity contribution in [2.24, 2.45) is 0 Å². The van der Waals surface area contributed by atoms with Crippen molar-refractivity contribution in [3.8, 4) is 11.5 Å². The fourth-order valence-corrected chi connectivity index (χ4v) is 2.64. The van der Waals surface area contributed by atoms with E-state index >= 15 is 0 Å². The largest absolute Gasteiger partial charge is 0.496 e. The van der Waals surface area contributed by atoms with E-state index in [1.54, 1.807) is 30.3 Å². The van der Waals surface area contributed by atoms with Crippen LogP contribution in [0, 0.1) is 17.0 Å². The zero-order valence-electron chi connectivity index (χ0n) is 16.0. The molecule has 7 nitrogen and oxygen atoms in total. The maximum atomic E-state index is 12.5. The van der Waals surface area contributed by atoms with Crippen molar-refractivity contribution >= 4 is 17.3 Å². The number of amides is 1. The second kappa shape index (κ2) is 8.88. The molecule has 0 fully saturated rings. The van der Waals surface area contributed by atoms with Crippen molar-refractivity contribution in [3.05, 3.63) is 93.5 Å². The number of aryl methyl sites for hydroxylation is 1. The van der Waals surface area contributed by atoms with Crippen LogP contribution >= 0.6 is 0 Å². The first-order valence-corrected chi connectivity index (χ1v) is 8.88. The van der Waals surface area contributed by atoms with E-state index in [0.29, 0.717) is 17.9 Å². The van der Waals surface area contributed by atoms with Crippen molar-refractivity contribution in [1.29, 1.82) is 0 Å². The smallest absolute Gasteiger partial charge is 0.296 e. The number of anilines is 1. The summed E-state index contributed by atoms with van der Waals surface area (Å²) >= 11 is 0. The molecule has 0 saturated carbocycles. The minimum absolute atomic E-state index is 0.104. The van der Waals surface area contributed by atoms with Gasteiger partial charge in [0.15, 0.2) is 0 Å². The van der Waals surface area contributed by atoms with Crippen molar-refractivity contribution < 1.29 is 19.2 Å². The fraction of sp³-hybridized carbons (Fsp3) is 0.136. The summed E-state index contributed by atoms with van der Waals surface area (Å²) in [6.07, 6.45) is 0. The van der Waals surface area contributed by atoms with Gasteiger partial charge in [0.05, 0.1) is 18.1 Å². The molecule has 3 aromatic rings. The quantitative estimate of drug-likeness (QED) is 0.463. The molecule has 1 N–H and O–H groups in total. The van der Waals surface area contributed by atoms with E-state index in [-0.39, 0.29) is 11.4 Å². The Morgan fingerprint density at radius 2 is 1.66 bits per heavy atom. The standard InChI is InChI=1S/C22H20N2O5/c1-15-3-9-18(10-4-15)29-14-16-5-7-17(8-6-16)22(25)23-20-12-11-19(28-2)13-21(20)24(26)27/h3-13H,14H2,1-2H3,(H,23,25). The van der Waals surface area contributed by atoms with Gasteiger partial charge in [-0.05, 0) is 48.9 Å². The average Bonchev–Trinajstić information content (AvgIpc) is 2.73. The van der Waals surface area contributed by atoms with E-state index in [0.717, 1.165) is 16.9 Å². The SMILES string of the molecule is COc1ccc(NC(=O)c2ccc(COc3ccc(C)cc3)cc2)c([N+](=O)[O-])c1. The highest BCUT2D eigenvalue weighted by molar-refractivity contribution is 6.05. The maximum absolute atomic E-state index is 12.5. The lowest BCUT2D eigenvalue weighted by Crippen LogP contribution is -2.13. The van der Waals surface area contributed by atoms with Crippen LogP contribution in [0.1, 0.15) is 21.5 Å². The third-order valence-electron chi connectivity index (χ3n) is 4.29. The molecule has 0 atom stereocenters. The molecule has 0 aliphatic rings. The first-order chi connectivity index (χ1) is 14.0. The number of benzene rings is 3. The molecule has 29 heavy (non-hydrogen) atoms. The molecule has 148 valence electrons. The van der Waals surface area contributed by atoms with Gasteiger partial charge in [-0.2, -0.15) is 0 Å². The summed E-state index contributed by atoms with van der Waals surface area (Å²) in [5, 5.41) is 13.8. The Kier molecular flexibility index (Phi) is 6.09. The van der Waals surface area contributed by atoms with Gasteiger partial charge < -0.3 is 14.8 Å². The lowest BCUT2D eigenvalue weighted by Gasteiger charge is -2.09. The number of methoxy groups -OCH3 is 1. The molecule has 0 aliphatic heterocycles. The molecule has 0 heterocycles. The van der Waals surface area contributed by atoms with Gasteiger partial charge in [-0.3, -0.25) is 14.9 Å². The van der Waals surface area contributed by atoms with Crippen LogP contribution in [0.5, 0.6) is 11.5 Å². The molecule has 0 radical (unpaired) electrons. The summed E-state index contributed by atoms with van der Waals surface area (Å²) in [6.45, 7) is 2.38. The maximum Gasteiger partial charge on any atom is 0.296 e. The Morgan fingerprint density at radius 3 is 2.28 bits per heavy atom. The predicted octanol–water partition coefficient (Wildman–Crippen LogP) is 4.74. The summed E-state index contributed by atoms with van der Waals surface area (Å²) in [7, 11) is 1.42. The van der Waals surface area contributed by atoms with Crippen molar-refractivity contribution in [2.45, 2.75) is 13.5 Å². The highest BCUT2D eigenvalue weighted by Gasteiger charge is 2.18. The number of hydrogen-bond acceptors (Lipinski definition) is 5. The molecule has 3 aromatic carbocycles. The Hall–Kier alpha value is -3.87. The van der Waals surface area contributed by atoms with Gasteiger partial charge in [0.1, 0.15) is 23.8 Å². The van der Waals surface area contributed by atoms with E-state index in [1.807, 2.05) is 31.2 Å². The summed E-state index contributed by atoms with van der Waals surface area (Å²) in [5.74, 6) is 0.668. The van der Waals surface area contributed by atoms with Crippen LogP contribution < -0.4 is 14.8 Å². The van der Waals surface area contributed by atoms with Gasteiger partial charge in [-0.15, -0.1) is 0 Å². The van der Waals surface area contributed by atoms with E-state index in [1.165, 1.54) is 19.2 Å². The molecule has 0 aromatic heterocycles. The van der Waals surface area contributed by atoms with Gasteiger partial charge in [-0.1, -0.05) is 29.8 Å². The number of carbonyl (C=O) groups excluding carboxylic acids is 1. The molecule has 0 aliphatic carbocycles. The van der Waals surface area contributed by atoms with Gasteiger partial charge in [-0.25, -0.2) is 0 Å². The Labute approximate surface area is 168 Å². The predicted molar refractivity (Wildman–Crippen MR) is 110 cm³/mol. The number of nitrogens with zero attached hydrogens (tertiary/aromatic N) is 1. The summed E-state index contributed by atoms with van der Waals surface area (Å²) in [4.78, 5) is 23.1.